The summed E-state index contributed by atoms with van der Waals surface area (Å²) in [5.74, 6) is 0.786. The molecule has 1 fully saturated rings. The molecule has 0 spiro atoms. The summed E-state index contributed by atoms with van der Waals surface area (Å²) in [6.07, 6.45) is 1.93. The van der Waals surface area contributed by atoms with Crippen molar-refractivity contribution < 1.29 is 14.3 Å². The molecule has 1 aliphatic heterocycles. The molecule has 1 N–H and O–H groups in total. The Morgan fingerprint density at radius 3 is 2.76 bits per heavy atom. The van der Waals surface area contributed by atoms with Gasteiger partial charge in [0.1, 0.15) is 11.9 Å². The highest BCUT2D eigenvalue weighted by Gasteiger charge is 2.17. The Kier molecular flexibility index (Phi) is 5.95. The summed E-state index contributed by atoms with van der Waals surface area (Å²) in [6, 6.07) is 3.79. The number of ether oxygens (including phenoxy) is 2. The molecule has 1 aromatic heterocycles. The van der Waals surface area contributed by atoms with Crippen LogP contribution in [0.1, 0.15) is 20.3 Å². The average molecular weight is 293 g/mol. The first-order valence-corrected chi connectivity index (χ1v) is 7.45. The Hall–Kier alpha value is -1.66. The topological polar surface area (TPSA) is 63.7 Å². The second-order valence-electron chi connectivity index (χ2n) is 4.85. The Morgan fingerprint density at radius 1 is 1.43 bits per heavy atom. The van der Waals surface area contributed by atoms with Gasteiger partial charge in [0.05, 0.1) is 25.1 Å². The normalized spacial score (nSPS) is 16.6. The fourth-order valence-corrected chi connectivity index (χ4v) is 2.24. The van der Waals surface area contributed by atoms with E-state index in [9.17, 15) is 4.79 Å². The average Bonchev–Trinajstić information content (AvgIpc) is 2.54. The molecule has 1 atom stereocenters. The van der Waals surface area contributed by atoms with Gasteiger partial charge in [0, 0.05) is 19.7 Å². The van der Waals surface area contributed by atoms with Crippen LogP contribution in [0.3, 0.4) is 0 Å². The van der Waals surface area contributed by atoms with Crippen LogP contribution < -0.4 is 10.2 Å². The standard InChI is InChI=1S/C15H23N3O3/c1-3-13(21-4-2)15(19)17-12-5-6-14(16-11-12)18-7-9-20-10-8-18/h5-6,11,13H,3-4,7-10H2,1-2H3,(H,17,19). The molecule has 6 nitrogen and oxygen atoms in total. The van der Waals surface area contributed by atoms with Gasteiger partial charge in [0.25, 0.3) is 5.91 Å². The van der Waals surface area contributed by atoms with Crippen molar-refractivity contribution in [3.05, 3.63) is 18.3 Å². The molecule has 116 valence electrons. The minimum absolute atomic E-state index is 0.125. The number of pyridine rings is 1. The summed E-state index contributed by atoms with van der Waals surface area (Å²) in [7, 11) is 0. The Bertz CT molecular complexity index is 444. The van der Waals surface area contributed by atoms with Crippen molar-refractivity contribution in [2.45, 2.75) is 26.4 Å². The van der Waals surface area contributed by atoms with E-state index in [4.69, 9.17) is 9.47 Å². The zero-order chi connectivity index (χ0) is 15.1. The number of carbonyl (C=O) groups excluding carboxylic acids is 1. The molecule has 1 saturated heterocycles. The molecule has 0 radical (unpaired) electrons. The van der Waals surface area contributed by atoms with Crippen LogP contribution in [0.2, 0.25) is 0 Å². The van der Waals surface area contributed by atoms with Crippen LogP contribution in [0.25, 0.3) is 0 Å². The first-order valence-electron chi connectivity index (χ1n) is 7.45. The zero-order valence-electron chi connectivity index (χ0n) is 12.7. The lowest BCUT2D eigenvalue weighted by Crippen LogP contribution is -2.36. The first-order chi connectivity index (χ1) is 10.2. The number of aromatic nitrogens is 1. The van der Waals surface area contributed by atoms with Crippen molar-refractivity contribution in [3.8, 4) is 0 Å². The zero-order valence-corrected chi connectivity index (χ0v) is 12.7. The Morgan fingerprint density at radius 2 is 2.19 bits per heavy atom. The van der Waals surface area contributed by atoms with Gasteiger partial charge in [0.2, 0.25) is 0 Å². The van der Waals surface area contributed by atoms with Crippen LogP contribution in [-0.2, 0) is 14.3 Å². The Labute approximate surface area is 125 Å². The summed E-state index contributed by atoms with van der Waals surface area (Å²) >= 11 is 0. The number of carbonyl (C=O) groups is 1. The van der Waals surface area contributed by atoms with E-state index in [0.29, 0.717) is 18.7 Å². The smallest absolute Gasteiger partial charge is 0.253 e. The first kappa shape index (κ1) is 15.7. The number of hydrogen-bond donors (Lipinski definition) is 1. The van der Waals surface area contributed by atoms with Gasteiger partial charge in [-0.3, -0.25) is 4.79 Å². The molecular formula is C15H23N3O3. The lowest BCUT2D eigenvalue weighted by molar-refractivity contribution is -0.127. The minimum Gasteiger partial charge on any atom is -0.378 e. The van der Waals surface area contributed by atoms with Gasteiger partial charge in [0.15, 0.2) is 0 Å². The molecule has 1 amide bonds. The number of nitrogens with one attached hydrogen (secondary N) is 1. The van der Waals surface area contributed by atoms with E-state index >= 15 is 0 Å². The van der Waals surface area contributed by atoms with Gasteiger partial charge in [-0.1, -0.05) is 6.92 Å². The van der Waals surface area contributed by atoms with E-state index < -0.39 is 6.10 Å². The molecule has 0 saturated carbocycles. The lowest BCUT2D eigenvalue weighted by atomic mass is 10.2. The third-order valence-corrected chi connectivity index (χ3v) is 3.38. The maximum Gasteiger partial charge on any atom is 0.253 e. The predicted octanol–water partition coefficient (Wildman–Crippen LogP) is 1.67. The van der Waals surface area contributed by atoms with Crippen LogP contribution in [0.15, 0.2) is 18.3 Å². The molecule has 1 aliphatic rings. The van der Waals surface area contributed by atoms with Gasteiger partial charge in [-0.05, 0) is 25.5 Å². The summed E-state index contributed by atoms with van der Waals surface area (Å²) in [6.45, 7) is 7.50. The second kappa shape index (κ2) is 7.95. The number of nitrogens with zero attached hydrogens (tertiary/aromatic N) is 2. The molecule has 1 aromatic rings. The van der Waals surface area contributed by atoms with Crippen molar-refractivity contribution in [1.82, 2.24) is 4.98 Å². The van der Waals surface area contributed by atoms with E-state index in [2.05, 4.69) is 15.2 Å². The van der Waals surface area contributed by atoms with E-state index in [1.165, 1.54) is 0 Å². The predicted molar refractivity (Wildman–Crippen MR) is 81.6 cm³/mol. The summed E-state index contributed by atoms with van der Waals surface area (Å²) in [4.78, 5) is 18.6. The van der Waals surface area contributed by atoms with Crippen LogP contribution in [0.5, 0.6) is 0 Å². The highest BCUT2D eigenvalue weighted by molar-refractivity contribution is 5.94. The third-order valence-electron chi connectivity index (χ3n) is 3.38. The van der Waals surface area contributed by atoms with Gasteiger partial charge >= 0.3 is 0 Å². The van der Waals surface area contributed by atoms with Crippen LogP contribution >= 0.6 is 0 Å². The molecule has 2 rings (SSSR count). The molecule has 21 heavy (non-hydrogen) atoms. The molecule has 2 heterocycles. The van der Waals surface area contributed by atoms with E-state index in [1.807, 2.05) is 26.0 Å². The maximum absolute atomic E-state index is 12.0. The van der Waals surface area contributed by atoms with Gasteiger partial charge in [-0.2, -0.15) is 0 Å². The Balaban J connectivity index is 1.93. The SMILES string of the molecule is CCOC(CC)C(=O)Nc1ccc(N2CCOCC2)nc1. The van der Waals surface area contributed by atoms with Crippen LogP contribution in [0, 0.1) is 0 Å². The summed E-state index contributed by atoms with van der Waals surface area (Å²) in [5.41, 5.74) is 0.690. The van der Waals surface area contributed by atoms with Crippen molar-refractivity contribution in [3.63, 3.8) is 0 Å². The maximum atomic E-state index is 12.0. The highest BCUT2D eigenvalue weighted by atomic mass is 16.5. The number of rotatable bonds is 6. The molecule has 0 bridgehead atoms. The van der Waals surface area contributed by atoms with Gasteiger partial charge in [-0.25, -0.2) is 4.98 Å². The molecule has 6 heteroatoms. The van der Waals surface area contributed by atoms with Gasteiger partial charge < -0.3 is 19.7 Å². The molecule has 1 unspecified atom stereocenters. The van der Waals surface area contributed by atoms with Crippen molar-refractivity contribution >= 4 is 17.4 Å². The fraction of sp³-hybridized carbons (Fsp3) is 0.600. The fourth-order valence-electron chi connectivity index (χ4n) is 2.24. The van der Waals surface area contributed by atoms with E-state index in [-0.39, 0.29) is 5.91 Å². The number of hydrogen-bond acceptors (Lipinski definition) is 5. The summed E-state index contributed by atoms with van der Waals surface area (Å²) < 4.78 is 10.7. The highest BCUT2D eigenvalue weighted by Crippen LogP contribution is 2.16. The van der Waals surface area contributed by atoms with Crippen molar-refractivity contribution in [2.24, 2.45) is 0 Å². The lowest BCUT2D eigenvalue weighted by Gasteiger charge is -2.27. The van der Waals surface area contributed by atoms with Crippen molar-refractivity contribution in [2.75, 3.05) is 43.1 Å². The molecular weight excluding hydrogens is 270 g/mol. The van der Waals surface area contributed by atoms with Gasteiger partial charge in [-0.15, -0.1) is 0 Å². The number of anilines is 2. The van der Waals surface area contributed by atoms with E-state index in [1.54, 1.807) is 6.20 Å². The number of morpholine rings is 1. The third kappa shape index (κ3) is 4.41. The second-order valence-corrected chi connectivity index (χ2v) is 4.85. The minimum atomic E-state index is -0.408. The van der Waals surface area contributed by atoms with Crippen LogP contribution in [0.4, 0.5) is 11.5 Å². The largest absolute Gasteiger partial charge is 0.378 e. The quantitative estimate of drug-likeness (QED) is 0.864. The monoisotopic (exact) mass is 293 g/mol. The van der Waals surface area contributed by atoms with E-state index in [0.717, 1.165) is 32.1 Å². The van der Waals surface area contributed by atoms with Crippen molar-refractivity contribution in [1.29, 1.82) is 0 Å². The van der Waals surface area contributed by atoms with Crippen LogP contribution in [-0.4, -0.2) is 49.9 Å². The number of amides is 1. The molecule has 0 aliphatic carbocycles. The summed E-state index contributed by atoms with van der Waals surface area (Å²) in [5, 5.41) is 2.84. The molecule has 0 aromatic carbocycles.